The van der Waals surface area contributed by atoms with Crippen molar-refractivity contribution in [2.45, 2.75) is 59.1 Å². The first-order valence-corrected chi connectivity index (χ1v) is 7.97. The summed E-state index contributed by atoms with van der Waals surface area (Å²) in [5, 5.41) is 13.1. The molecule has 2 fully saturated rings. The Bertz CT molecular complexity index is 345. The molecule has 2 N–H and O–H groups in total. The van der Waals surface area contributed by atoms with E-state index < -0.39 is 0 Å². The van der Waals surface area contributed by atoms with Crippen molar-refractivity contribution in [3.63, 3.8) is 0 Å². The minimum absolute atomic E-state index is 0.111. The van der Waals surface area contributed by atoms with E-state index in [0.717, 1.165) is 32.0 Å². The fourth-order valence-corrected chi connectivity index (χ4v) is 2.90. The van der Waals surface area contributed by atoms with E-state index in [1.54, 1.807) is 0 Å². The van der Waals surface area contributed by atoms with E-state index in [1.165, 1.54) is 12.8 Å². The molecule has 0 bridgehead atoms. The van der Waals surface area contributed by atoms with E-state index in [9.17, 15) is 9.90 Å². The maximum absolute atomic E-state index is 12.2. The molecule has 2 rings (SSSR count). The summed E-state index contributed by atoms with van der Waals surface area (Å²) in [7, 11) is 0. The van der Waals surface area contributed by atoms with Gasteiger partial charge in [-0.05, 0) is 38.0 Å². The molecule has 1 saturated carbocycles. The average Bonchev–Trinajstić information content (AvgIpc) is 3.11. The Hall–Kier alpha value is -0.610. The number of likely N-dealkylation sites (tertiary alicyclic amines) is 1. The highest BCUT2D eigenvalue weighted by atomic mass is 16.3. The van der Waals surface area contributed by atoms with Gasteiger partial charge >= 0.3 is 0 Å². The van der Waals surface area contributed by atoms with Crippen molar-refractivity contribution in [2.24, 2.45) is 17.3 Å². The summed E-state index contributed by atoms with van der Waals surface area (Å²) in [6.07, 6.45) is 3.27. The van der Waals surface area contributed by atoms with Crippen LogP contribution in [0.15, 0.2) is 0 Å². The third kappa shape index (κ3) is 4.45. The number of hydrogen-bond acceptors (Lipinski definition) is 3. The molecule has 3 atom stereocenters. The summed E-state index contributed by atoms with van der Waals surface area (Å²) in [6, 6.07) is 0.175. The average molecular weight is 282 g/mol. The number of rotatable bonds is 4. The first-order valence-electron chi connectivity index (χ1n) is 7.97. The lowest BCUT2D eigenvalue weighted by molar-refractivity contribution is -0.130. The number of carbonyl (C=O) groups excluding carboxylic acids is 1. The van der Waals surface area contributed by atoms with Crippen molar-refractivity contribution >= 4 is 5.91 Å². The third-order valence-corrected chi connectivity index (χ3v) is 4.47. The molecule has 0 spiro atoms. The molecule has 20 heavy (non-hydrogen) atoms. The van der Waals surface area contributed by atoms with Crippen LogP contribution in [0.2, 0.25) is 0 Å². The predicted molar refractivity (Wildman–Crippen MR) is 80.3 cm³/mol. The van der Waals surface area contributed by atoms with Crippen molar-refractivity contribution in [1.29, 1.82) is 0 Å². The van der Waals surface area contributed by atoms with Gasteiger partial charge in [0.1, 0.15) is 0 Å². The zero-order valence-corrected chi connectivity index (χ0v) is 13.4. The Kier molecular flexibility index (Phi) is 4.75. The van der Waals surface area contributed by atoms with Crippen molar-refractivity contribution in [3.8, 4) is 0 Å². The molecule has 1 amide bonds. The molecule has 3 unspecified atom stereocenters. The topological polar surface area (TPSA) is 52.6 Å². The van der Waals surface area contributed by atoms with Crippen LogP contribution in [0.25, 0.3) is 0 Å². The summed E-state index contributed by atoms with van der Waals surface area (Å²) in [6.45, 7) is 10.7. The van der Waals surface area contributed by atoms with Crippen molar-refractivity contribution in [2.75, 3.05) is 19.6 Å². The Morgan fingerprint density at radius 3 is 2.50 bits per heavy atom. The SMILES string of the molecule is CC(O)C1CC(NC(=O)C(C)(C)C)CN(CC2CC2)C1. The van der Waals surface area contributed by atoms with Crippen LogP contribution in [-0.2, 0) is 4.79 Å². The second-order valence-corrected chi connectivity index (χ2v) is 7.82. The first-order chi connectivity index (χ1) is 9.25. The largest absolute Gasteiger partial charge is 0.393 e. The summed E-state index contributed by atoms with van der Waals surface area (Å²) in [4.78, 5) is 14.6. The number of piperidine rings is 1. The third-order valence-electron chi connectivity index (χ3n) is 4.47. The standard InChI is InChI=1S/C16H30N2O2/c1-11(19)13-7-14(17-15(20)16(2,3)4)10-18(9-13)8-12-5-6-12/h11-14,19H,5-10H2,1-4H3,(H,17,20). The lowest BCUT2D eigenvalue weighted by Gasteiger charge is -2.40. The Morgan fingerprint density at radius 2 is 2.00 bits per heavy atom. The molecule has 0 aromatic rings. The van der Waals surface area contributed by atoms with E-state index >= 15 is 0 Å². The summed E-state index contributed by atoms with van der Waals surface area (Å²) >= 11 is 0. The second kappa shape index (κ2) is 6.02. The quantitative estimate of drug-likeness (QED) is 0.824. The van der Waals surface area contributed by atoms with Crippen LogP contribution in [0.4, 0.5) is 0 Å². The van der Waals surface area contributed by atoms with E-state index in [0.29, 0.717) is 0 Å². The number of carbonyl (C=O) groups is 1. The minimum atomic E-state index is -0.348. The number of hydrogen-bond donors (Lipinski definition) is 2. The highest BCUT2D eigenvalue weighted by Crippen LogP contribution is 2.31. The smallest absolute Gasteiger partial charge is 0.225 e. The van der Waals surface area contributed by atoms with Crippen LogP contribution in [0.5, 0.6) is 0 Å². The highest BCUT2D eigenvalue weighted by molar-refractivity contribution is 5.81. The lowest BCUT2D eigenvalue weighted by atomic mass is 9.88. The maximum Gasteiger partial charge on any atom is 0.225 e. The molecule has 1 aliphatic heterocycles. The van der Waals surface area contributed by atoms with Gasteiger partial charge in [0.05, 0.1) is 6.10 Å². The normalized spacial score (nSPS) is 30.1. The predicted octanol–water partition coefficient (Wildman–Crippen LogP) is 1.63. The maximum atomic E-state index is 12.2. The molecule has 2 aliphatic rings. The van der Waals surface area contributed by atoms with Gasteiger partial charge in [0, 0.05) is 31.1 Å². The highest BCUT2D eigenvalue weighted by Gasteiger charge is 2.35. The van der Waals surface area contributed by atoms with Gasteiger partial charge in [-0.1, -0.05) is 20.8 Å². The molecule has 0 aromatic carbocycles. The number of amides is 1. The van der Waals surface area contributed by atoms with Gasteiger partial charge in [-0.25, -0.2) is 0 Å². The zero-order chi connectivity index (χ0) is 14.9. The van der Waals surface area contributed by atoms with Crippen molar-refractivity contribution in [1.82, 2.24) is 10.2 Å². The van der Waals surface area contributed by atoms with Crippen molar-refractivity contribution in [3.05, 3.63) is 0 Å². The van der Waals surface area contributed by atoms with Crippen LogP contribution in [0.3, 0.4) is 0 Å². The molecular formula is C16H30N2O2. The van der Waals surface area contributed by atoms with Gasteiger partial charge in [0.15, 0.2) is 0 Å². The van der Waals surface area contributed by atoms with E-state index in [1.807, 2.05) is 27.7 Å². The van der Waals surface area contributed by atoms with Crippen LogP contribution in [-0.4, -0.2) is 47.7 Å². The van der Waals surface area contributed by atoms with E-state index in [4.69, 9.17) is 0 Å². The number of nitrogens with one attached hydrogen (secondary N) is 1. The summed E-state index contributed by atoms with van der Waals surface area (Å²) < 4.78 is 0. The molecule has 0 aromatic heterocycles. The van der Waals surface area contributed by atoms with E-state index in [-0.39, 0.29) is 29.4 Å². The molecule has 116 valence electrons. The van der Waals surface area contributed by atoms with Gasteiger partial charge in [-0.2, -0.15) is 0 Å². The van der Waals surface area contributed by atoms with Crippen LogP contribution in [0.1, 0.15) is 47.0 Å². The monoisotopic (exact) mass is 282 g/mol. The molecule has 1 heterocycles. The van der Waals surface area contributed by atoms with Gasteiger partial charge in [0.2, 0.25) is 5.91 Å². The van der Waals surface area contributed by atoms with Crippen LogP contribution >= 0.6 is 0 Å². The van der Waals surface area contributed by atoms with Gasteiger partial charge < -0.3 is 15.3 Å². The Balaban J connectivity index is 1.94. The molecule has 4 heteroatoms. The number of aliphatic hydroxyl groups excluding tert-OH is 1. The van der Waals surface area contributed by atoms with Gasteiger partial charge in [-0.3, -0.25) is 4.79 Å². The summed E-state index contributed by atoms with van der Waals surface area (Å²) in [5.41, 5.74) is -0.348. The molecule has 1 saturated heterocycles. The molecule has 4 nitrogen and oxygen atoms in total. The fraction of sp³-hybridized carbons (Fsp3) is 0.938. The van der Waals surface area contributed by atoms with Gasteiger partial charge in [-0.15, -0.1) is 0 Å². The van der Waals surface area contributed by atoms with Crippen molar-refractivity contribution < 1.29 is 9.90 Å². The summed E-state index contributed by atoms with van der Waals surface area (Å²) in [5.74, 6) is 1.23. The Morgan fingerprint density at radius 1 is 1.35 bits per heavy atom. The van der Waals surface area contributed by atoms with E-state index in [2.05, 4.69) is 10.2 Å². The first kappa shape index (κ1) is 15.8. The molecule has 1 aliphatic carbocycles. The number of nitrogens with zero attached hydrogens (tertiary/aromatic N) is 1. The zero-order valence-electron chi connectivity index (χ0n) is 13.4. The van der Waals surface area contributed by atoms with Crippen LogP contribution in [0, 0.1) is 17.3 Å². The minimum Gasteiger partial charge on any atom is -0.393 e. The molecule has 0 radical (unpaired) electrons. The Labute approximate surface area is 122 Å². The van der Waals surface area contributed by atoms with Gasteiger partial charge in [0.25, 0.3) is 0 Å². The van der Waals surface area contributed by atoms with Crippen LogP contribution < -0.4 is 5.32 Å². The fourth-order valence-electron chi connectivity index (χ4n) is 2.90. The lowest BCUT2D eigenvalue weighted by Crippen LogP contribution is -2.54. The number of aliphatic hydroxyl groups is 1. The molecular weight excluding hydrogens is 252 g/mol. The second-order valence-electron chi connectivity index (χ2n) is 7.82.